The second kappa shape index (κ2) is 6.45. The average Bonchev–Trinajstić information content (AvgIpc) is 2.39. The molecular weight excluding hydrogens is 238 g/mol. The first-order valence-corrected chi connectivity index (χ1v) is 6.91. The zero-order valence-electron chi connectivity index (χ0n) is 12.3. The highest BCUT2D eigenvalue weighted by molar-refractivity contribution is 6.00. The fourth-order valence-corrected chi connectivity index (χ4v) is 1.87. The minimum atomic E-state index is -0.0699. The van der Waals surface area contributed by atoms with Crippen molar-refractivity contribution in [2.75, 3.05) is 17.6 Å². The van der Waals surface area contributed by atoms with Crippen molar-refractivity contribution in [3.05, 3.63) is 23.8 Å². The van der Waals surface area contributed by atoms with Gasteiger partial charge in [-0.15, -0.1) is 0 Å². The van der Waals surface area contributed by atoms with E-state index in [2.05, 4.69) is 31.4 Å². The van der Waals surface area contributed by atoms with E-state index in [1.807, 2.05) is 13.0 Å². The molecule has 0 bridgehead atoms. The van der Waals surface area contributed by atoms with Gasteiger partial charge in [-0.1, -0.05) is 13.8 Å². The number of nitrogens with two attached hydrogens (primary N) is 1. The molecule has 0 saturated carbocycles. The smallest absolute Gasteiger partial charge is 0.253 e. The van der Waals surface area contributed by atoms with Crippen molar-refractivity contribution in [3.63, 3.8) is 0 Å². The van der Waals surface area contributed by atoms with Crippen LogP contribution in [-0.4, -0.2) is 18.0 Å². The minimum Gasteiger partial charge on any atom is -0.399 e. The molecule has 0 unspecified atom stereocenters. The molecule has 0 atom stereocenters. The summed E-state index contributed by atoms with van der Waals surface area (Å²) in [5.74, 6) is -0.0699. The molecule has 19 heavy (non-hydrogen) atoms. The van der Waals surface area contributed by atoms with Gasteiger partial charge in [0.2, 0.25) is 0 Å². The molecule has 0 radical (unpaired) electrons. The van der Waals surface area contributed by atoms with E-state index in [0.717, 1.165) is 18.5 Å². The lowest BCUT2D eigenvalue weighted by molar-refractivity contribution is 0.0956. The van der Waals surface area contributed by atoms with Crippen molar-refractivity contribution in [1.82, 2.24) is 5.32 Å². The summed E-state index contributed by atoms with van der Waals surface area (Å²) < 4.78 is 0. The summed E-state index contributed by atoms with van der Waals surface area (Å²) in [6, 6.07) is 5.35. The van der Waals surface area contributed by atoms with Gasteiger partial charge in [-0.25, -0.2) is 0 Å². The van der Waals surface area contributed by atoms with Crippen LogP contribution in [-0.2, 0) is 0 Å². The van der Waals surface area contributed by atoms with E-state index >= 15 is 0 Å². The Labute approximate surface area is 115 Å². The maximum absolute atomic E-state index is 12.0. The normalized spacial score (nSPS) is 11.2. The number of nitrogens with one attached hydrogen (secondary N) is 2. The van der Waals surface area contributed by atoms with Crippen LogP contribution in [0.25, 0.3) is 0 Å². The Morgan fingerprint density at radius 2 is 1.89 bits per heavy atom. The van der Waals surface area contributed by atoms with Crippen molar-refractivity contribution in [2.24, 2.45) is 0 Å². The maximum Gasteiger partial charge on any atom is 0.253 e. The molecule has 1 amide bonds. The molecule has 0 aliphatic carbocycles. The molecule has 106 valence electrons. The fraction of sp³-hybridized carbons (Fsp3) is 0.533. The molecule has 0 spiro atoms. The molecule has 0 saturated heterocycles. The van der Waals surface area contributed by atoms with Crippen molar-refractivity contribution in [3.8, 4) is 0 Å². The lowest BCUT2D eigenvalue weighted by atomic mass is 9.94. The lowest BCUT2D eigenvalue weighted by Crippen LogP contribution is -2.34. The summed E-state index contributed by atoms with van der Waals surface area (Å²) in [5.41, 5.74) is 7.90. The van der Waals surface area contributed by atoms with Crippen LogP contribution >= 0.6 is 0 Å². The van der Waals surface area contributed by atoms with Gasteiger partial charge in [0.1, 0.15) is 0 Å². The predicted molar refractivity (Wildman–Crippen MR) is 81.5 cm³/mol. The molecule has 4 N–H and O–H groups in total. The number of amides is 1. The number of benzene rings is 1. The number of nitrogen functional groups attached to an aromatic ring is 1. The monoisotopic (exact) mass is 263 g/mol. The summed E-state index contributed by atoms with van der Waals surface area (Å²) in [6.07, 6.45) is 1.96. The second-order valence-corrected chi connectivity index (χ2v) is 5.06. The standard InChI is InChI=1S/C15H25N3O/c1-5-15(4,6-2)18-13-10-11(16)8-9-12(13)14(19)17-7-3/h8-10,18H,5-7,16H2,1-4H3,(H,17,19). The van der Waals surface area contributed by atoms with Crippen LogP contribution in [0.2, 0.25) is 0 Å². The van der Waals surface area contributed by atoms with Crippen LogP contribution in [0.4, 0.5) is 11.4 Å². The molecule has 1 aromatic rings. The summed E-state index contributed by atoms with van der Waals surface area (Å²) in [7, 11) is 0. The predicted octanol–water partition coefficient (Wildman–Crippen LogP) is 3.01. The van der Waals surface area contributed by atoms with Gasteiger partial charge in [-0.3, -0.25) is 4.79 Å². The molecule has 0 fully saturated rings. The summed E-state index contributed by atoms with van der Waals surface area (Å²) >= 11 is 0. The summed E-state index contributed by atoms with van der Waals surface area (Å²) in [5, 5.41) is 6.29. The van der Waals surface area contributed by atoms with Crippen LogP contribution in [0.3, 0.4) is 0 Å². The molecule has 0 aliphatic rings. The van der Waals surface area contributed by atoms with E-state index in [-0.39, 0.29) is 11.4 Å². The van der Waals surface area contributed by atoms with Crippen LogP contribution in [0.5, 0.6) is 0 Å². The van der Waals surface area contributed by atoms with Crippen LogP contribution < -0.4 is 16.4 Å². The third kappa shape index (κ3) is 3.88. The van der Waals surface area contributed by atoms with Gasteiger partial charge in [-0.2, -0.15) is 0 Å². The number of anilines is 2. The Bertz CT molecular complexity index is 439. The van der Waals surface area contributed by atoms with E-state index in [4.69, 9.17) is 5.73 Å². The molecule has 4 nitrogen and oxygen atoms in total. The number of carbonyl (C=O) groups excluding carboxylic acids is 1. The Morgan fingerprint density at radius 1 is 1.26 bits per heavy atom. The average molecular weight is 263 g/mol. The number of hydrogen-bond donors (Lipinski definition) is 3. The number of carbonyl (C=O) groups is 1. The highest BCUT2D eigenvalue weighted by Gasteiger charge is 2.22. The van der Waals surface area contributed by atoms with Crippen LogP contribution in [0.1, 0.15) is 50.9 Å². The quantitative estimate of drug-likeness (QED) is 0.691. The summed E-state index contributed by atoms with van der Waals surface area (Å²) in [4.78, 5) is 12.0. The highest BCUT2D eigenvalue weighted by Crippen LogP contribution is 2.26. The fourth-order valence-electron chi connectivity index (χ4n) is 1.87. The minimum absolute atomic E-state index is 0.0327. The molecule has 4 heteroatoms. The van der Waals surface area contributed by atoms with Crippen LogP contribution in [0, 0.1) is 0 Å². The van der Waals surface area contributed by atoms with Gasteiger partial charge in [0.15, 0.2) is 0 Å². The van der Waals surface area contributed by atoms with Crippen molar-refractivity contribution in [1.29, 1.82) is 0 Å². The zero-order valence-corrected chi connectivity index (χ0v) is 12.3. The van der Waals surface area contributed by atoms with Gasteiger partial charge in [0, 0.05) is 23.5 Å². The molecular formula is C15H25N3O. The molecule has 1 aromatic carbocycles. The van der Waals surface area contributed by atoms with E-state index in [0.29, 0.717) is 17.8 Å². The largest absolute Gasteiger partial charge is 0.399 e. The Kier molecular flexibility index (Phi) is 5.21. The van der Waals surface area contributed by atoms with E-state index in [1.54, 1.807) is 12.1 Å². The Morgan fingerprint density at radius 3 is 2.42 bits per heavy atom. The lowest BCUT2D eigenvalue weighted by Gasteiger charge is -2.30. The number of hydrogen-bond acceptors (Lipinski definition) is 3. The third-order valence-corrected chi connectivity index (χ3v) is 3.62. The van der Waals surface area contributed by atoms with Gasteiger partial charge < -0.3 is 16.4 Å². The van der Waals surface area contributed by atoms with Gasteiger partial charge in [0.05, 0.1) is 5.56 Å². The van der Waals surface area contributed by atoms with Gasteiger partial charge in [0.25, 0.3) is 5.91 Å². The van der Waals surface area contributed by atoms with E-state index < -0.39 is 0 Å². The molecule has 1 rings (SSSR count). The van der Waals surface area contributed by atoms with Crippen molar-refractivity contribution in [2.45, 2.75) is 46.1 Å². The molecule has 0 aliphatic heterocycles. The Balaban J connectivity index is 3.10. The third-order valence-electron chi connectivity index (χ3n) is 3.62. The van der Waals surface area contributed by atoms with E-state index in [1.165, 1.54) is 0 Å². The molecule has 0 aromatic heterocycles. The van der Waals surface area contributed by atoms with Gasteiger partial charge in [-0.05, 0) is 44.9 Å². The first-order chi connectivity index (χ1) is 8.95. The first-order valence-electron chi connectivity index (χ1n) is 6.91. The van der Waals surface area contributed by atoms with Gasteiger partial charge >= 0.3 is 0 Å². The molecule has 0 heterocycles. The van der Waals surface area contributed by atoms with Crippen molar-refractivity contribution < 1.29 is 4.79 Å². The van der Waals surface area contributed by atoms with E-state index in [9.17, 15) is 4.79 Å². The SMILES string of the molecule is CCNC(=O)c1ccc(N)cc1NC(C)(CC)CC. The van der Waals surface area contributed by atoms with Crippen molar-refractivity contribution >= 4 is 17.3 Å². The zero-order chi connectivity index (χ0) is 14.5. The topological polar surface area (TPSA) is 67.2 Å². The number of rotatable bonds is 6. The summed E-state index contributed by atoms with van der Waals surface area (Å²) in [6.45, 7) is 8.94. The first kappa shape index (κ1) is 15.3. The van der Waals surface area contributed by atoms with Crippen LogP contribution in [0.15, 0.2) is 18.2 Å². The highest BCUT2D eigenvalue weighted by atomic mass is 16.1. The second-order valence-electron chi connectivity index (χ2n) is 5.06. The maximum atomic E-state index is 12.0. The Hall–Kier alpha value is -1.71.